The molecule has 0 spiro atoms. The van der Waals surface area contributed by atoms with Crippen LogP contribution in [0.15, 0.2) is 12.7 Å². The van der Waals surface area contributed by atoms with E-state index in [1.807, 2.05) is 6.08 Å². The fraction of sp³-hybridized carbons (Fsp3) is 0.750. The zero-order valence-corrected chi connectivity index (χ0v) is 8.65. The first-order chi connectivity index (χ1) is 4.45. The fourth-order valence-corrected chi connectivity index (χ4v) is 2.84. The highest BCUT2D eigenvalue weighted by molar-refractivity contribution is 6.76. The largest absolute Gasteiger partial charge is 0.305 e. The molecule has 2 heteroatoms. The molecule has 0 atom stereocenters. The van der Waals surface area contributed by atoms with E-state index in [1.165, 1.54) is 6.17 Å². The van der Waals surface area contributed by atoms with E-state index in [2.05, 4.69) is 38.2 Å². The van der Waals surface area contributed by atoms with Crippen LogP contribution in [0.2, 0.25) is 19.6 Å². The van der Waals surface area contributed by atoms with Crippen molar-refractivity contribution >= 4 is 8.07 Å². The van der Waals surface area contributed by atoms with Gasteiger partial charge in [-0.3, -0.25) is 0 Å². The summed E-state index contributed by atoms with van der Waals surface area (Å²) in [5, 5.41) is 0. The lowest BCUT2D eigenvalue weighted by molar-refractivity contribution is 0.426. The molecular formula is C8H19NSi. The average Bonchev–Trinajstić information content (AvgIpc) is 1.59. The van der Waals surface area contributed by atoms with E-state index < -0.39 is 8.07 Å². The van der Waals surface area contributed by atoms with Crippen LogP contribution in [0.3, 0.4) is 0 Å². The molecule has 0 amide bonds. The average molecular weight is 157 g/mol. The Morgan fingerprint density at radius 3 is 2.20 bits per heavy atom. The highest BCUT2D eigenvalue weighted by Gasteiger charge is 2.14. The first kappa shape index (κ1) is 9.92. The van der Waals surface area contributed by atoms with E-state index >= 15 is 0 Å². The van der Waals surface area contributed by atoms with Gasteiger partial charge in [-0.15, -0.1) is 6.58 Å². The Labute approximate surface area is 65.7 Å². The van der Waals surface area contributed by atoms with Gasteiger partial charge in [0.25, 0.3) is 0 Å². The maximum absolute atomic E-state index is 3.70. The van der Waals surface area contributed by atoms with E-state index in [4.69, 9.17) is 0 Å². The molecule has 0 N–H and O–H groups in total. The Bertz CT molecular complexity index is 104. The van der Waals surface area contributed by atoms with Crippen molar-refractivity contribution in [3.63, 3.8) is 0 Å². The van der Waals surface area contributed by atoms with Crippen molar-refractivity contribution in [1.82, 2.24) is 4.90 Å². The van der Waals surface area contributed by atoms with Gasteiger partial charge in [0.1, 0.15) is 0 Å². The van der Waals surface area contributed by atoms with Gasteiger partial charge in [0.05, 0.1) is 8.07 Å². The van der Waals surface area contributed by atoms with Gasteiger partial charge in [-0.2, -0.15) is 0 Å². The SMILES string of the molecule is C=CCN(C)C[Si](C)(C)C. The molecule has 0 aliphatic rings. The van der Waals surface area contributed by atoms with Crippen LogP contribution in [0.25, 0.3) is 0 Å². The Hall–Kier alpha value is -0.0831. The first-order valence-electron chi connectivity index (χ1n) is 3.75. The molecule has 60 valence electrons. The van der Waals surface area contributed by atoms with Gasteiger partial charge in [-0.25, -0.2) is 0 Å². The van der Waals surface area contributed by atoms with Crippen molar-refractivity contribution < 1.29 is 0 Å². The zero-order valence-electron chi connectivity index (χ0n) is 7.65. The molecule has 0 saturated carbocycles. The van der Waals surface area contributed by atoms with Crippen LogP contribution in [0.4, 0.5) is 0 Å². The van der Waals surface area contributed by atoms with E-state index in [0.717, 1.165) is 6.54 Å². The lowest BCUT2D eigenvalue weighted by Crippen LogP contribution is -2.37. The zero-order chi connectivity index (χ0) is 8.20. The summed E-state index contributed by atoms with van der Waals surface area (Å²) in [7, 11) is 1.27. The van der Waals surface area contributed by atoms with Gasteiger partial charge in [-0.05, 0) is 13.2 Å². The van der Waals surface area contributed by atoms with Crippen LogP contribution in [0.5, 0.6) is 0 Å². The van der Waals surface area contributed by atoms with Gasteiger partial charge >= 0.3 is 0 Å². The predicted octanol–water partition coefficient (Wildman–Crippen LogP) is 1.98. The second-order valence-corrected chi connectivity index (χ2v) is 9.48. The Morgan fingerprint density at radius 2 is 1.90 bits per heavy atom. The third-order valence-electron chi connectivity index (χ3n) is 1.19. The van der Waals surface area contributed by atoms with Crippen LogP contribution in [0, 0.1) is 0 Å². The lowest BCUT2D eigenvalue weighted by Gasteiger charge is -2.23. The summed E-state index contributed by atoms with van der Waals surface area (Å²) in [6, 6.07) is 0. The molecule has 0 bridgehead atoms. The molecule has 10 heavy (non-hydrogen) atoms. The number of hydrogen-bond donors (Lipinski definition) is 0. The Balaban J connectivity index is 3.56. The summed E-state index contributed by atoms with van der Waals surface area (Å²) in [4.78, 5) is 2.33. The Morgan fingerprint density at radius 1 is 1.40 bits per heavy atom. The van der Waals surface area contributed by atoms with Crippen molar-refractivity contribution in [2.75, 3.05) is 19.8 Å². The third kappa shape index (κ3) is 6.04. The second-order valence-electron chi connectivity index (χ2n) is 4.05. The van der Waals surface area contributed by atoms with Crippen molar-refractivity contribution in [1.29, 1.82) is 0 Å². The number of rotatable bonds is 4. The molecule has 0 aliphatic carbocycles. The first-order valence-corrected chi connectivity index (χ1v) is 7.46. The third-order valence-corrected chi connectivity index (χ3v) is 2.67. The van der Waals surface area contributed by atoms with Crippen LogP contribution in [-0.4, -0.2) is 32.7 Å². The molecule has 0 aromatic heterocycles. The summed E-state index contributed by atoms with van der Waals surface area (Å²) in [5.41, 5.74) is 0. The predicted molar refractivity (Wildman–Crippen MR) is 51.0 cm³/mol. The van der Waals surface area contributed by atoms with Gasteiger partial charge in [0.15, 0.2) is 0 Å². The topological polar surface area (TPSA) is 3.24 Å². The van der Waals surface area contributed by atoms with Crippen LogP contribution in [0.1, 0.15) is 0 Å². The molecule has 0 aromatic carbocycles. The fourth-order valence-electron chi connectivity index (χ4n) is 1.09. The minimum atomic E-state index is -0.879. The van der Waals surface area contributed by atoms with Gasteiger partial charge in [-0.1, -0.05) is 25.7 Å². The number of nitrogens with zero attached hydrogens (tertiary/aromatic N) is 1. The van der Waals surface area contributed by atoms with Crippen LogP contribution < -0.4 is 0 Å². The number of hydrogen-bond acceptors (Lipinski definition) is 1. The van der Waals surface area contributed by atoms with Crippen LogP contribution >= 0.6 is 0 Å². The van der Waals surface area contributed by atoms with Crippen molar-refractivity contribution in [2.24, 2.45) is 0 Å². The molecular weight excluding hydrogens is 138 g/mol. The number of likely N-dealkylation sites (N-methyl/N-ethyl adjacent to an activating group) is 1. The minimum Gasteiger partial charge on any atom is -0.305 e. The molecule has 0 heterocycles. The van der Waals surface area contributed by atoms with Gasteiger partial charge in [0, 0.05) is 6.54 Å². The van der Waals surface area contributed by atoms with E-state index in [1.54, 1.807) is 0 Å². The lowest BCUT2D eigenvalue weighted by atomic mass is 10.6. The highest BCUT2D eigenvalue weighted by Crippen LogP contribution is 2.01. The maximum atomic E-state index is 3.70. The molecule has 0 fully saturated rings. The minimum absolute atomic E-state index is 0.879. The maximum Gasteiger partial charge on any atom is 0.0599 e. The van der Waals surface area contributed by atoms with Crippen LogP contribution in [-0.2, 0) is 0 Å². The summed E-state index contributed by atoms with van der Waals surface area (Å²) in [6.07, 6.45) is 3.22. The quantitative estimate of drug-likeness (QED) is 0.445. The van der Waals surface area contributed by atoms with Crippen molar-refractivity contribution in [3.05, 3.63) is 12.7 Å². The second kappa shape index (κ2) is 3.94. The molecule has 0 saturated heterocycles. The molecule has 0 aliphatic heterocycles. The van der Waals surface area contributed by atoms with Gasteiger partial charge in [0.2, 0.25) is 0 Å². The Kier molecular flexibility index (Phi) is 3.90. The molecule has 0 aromatic rings. The molecule has 0 radical (unpaired) electrons. The highest BCUT2D eigenvalue weighted by atomic mass is 28.3. The molecule has 0 unspecified atom stereocenters. The van der Waals surface area contributed by atoms with Crippen molar-refractivity contribution in [2.45, 2.75) is 19.6 Å². The normalized spacial score (nSPS) is 12.1. The van der Waals surface area contributed by atoms with E-state index in [0.29, 0.717) is 0 Å². The summed E-state index contributed by atoms with van der Waals surface area (Å²) in [5.74, 6) is 0. The molecule has 1 nitrogen and oxygen atoms in total. The standard InChI is InChI=1S/C8H19NSi/c1-6-7-9(2)8-10(3,4)5/h6H,1,7-8H2,2-5H3. The smallest absolute Gasteiger partial charge is 0.0599 e. The van der Waals surface area contributed by atoms with Crippen molar-refractivity contribution in [3.8, 4) is 0 Å². The summed E-state index contributed by atoms with van der Waals surface area (Å²) < 4.78 is 0. The summed E-state index contributed by atoms with van der Waals surface area (Å²) in [6.45, 7) is 11.9. The monoisotopic (exact) mass is 157 g/mol. The van der Waals surface area contributed by atoms with E-state index in [9.17, 15) is 0 Å². The summed E-state index contributed by atoms with van der Waals surface area (Å²) >= 11 is 0. The van der Waals surface area contributed by atoms with Gasteiger partial charge < -0.3 is 4.90 Å². The molecule has 0 rings (SSSR count). The van der Waals surface area contributed by atoms with E-state index in [-0.39, 0.29) is 0 Å².